The molecule has 0 aliphatic carbocycles. The quantitative estimate of drug-likeness (QED) is 0.406. The lowest BCUT2D eigenvalue weighted by molar-refractivity contribution is -0.214. The van der Waals surface area contributed by atoms with Crippen LogP contribution in [0.4, 0.5) is 31.1 Å². The molecule has 7 nitrogen and oxygen atoms in total. The molecule has 37 heavy (non-hydrogen) atoms. The van der Waals surface area contributed by atoms with Gasteiger partial charge in [-0.15, -0.1) is 5.11 Å². The second-order valence-corrected chi connectivity index (χ2v) is 8.63. The zero-order valence-corrected chi connectivity index (χ0v) is 19.3. The molecular weight excluding hydrogens is 506 g/mol. The van der Waals surface area contributed by atoms with E-state index < -0.39 is 43.6 Å². The first-order valence-corrected chi connectivity index (χ1v) is 11.3. The standard InChI is InChI=1S/C24H22F6N4O3/c25-23(26,27)11-15-8-16(12-24(28,29)30)10-17(9-15)14-37-21-20(18-4-2-1-3-5-18)34(6-7-36-21)13-19-31-22(35)33-32-19/h1-5,8-10,20-21H,6-7,11-14H2/t20-,21+/m0/s1. The van der Waals surface area contributed by atoms with Crippen molar-refractivity contribution in [2.24, 2.45) is 15.2 Å². The number of urea groups is 1. The van der Waals surface area contributed by atoms with Gasteiger partial charge in [-0.25, -0.2) is 4.79 Å². The zero-order valence-electron chi connectivity index (χ0n) is 19.3. The SMILES string of the molecule is O=C1N=NC(CN2CCO[C@H](OCc3cc(CC(F)(F)F)cc(CC(F)(F)F)c3)[C@@H]2c2ccccc2)=N1. The summed E-state index contributed by atoms with van der Waals surface area (Å²) in [4.78, 5) is 17.0. The average molecular weight is 528 g/mol. The number of aliphatic imine (C=N–C) groups is 1. The summed E-state index contributed by atoms with van der Waals surface area (Å²) in [5.41, 5.74) is 0.381. The summed E-state index contributed by atoms with van der Waals surface area (Å²) in [6.45, 7) is 0.533. The highest BCUT2D eigenvalue weighted by atomic mass is 19.4. The van der Waals surface area contributed by atoms with Gasteiger partial charge in [-0.1, -0.05) is 53.6 Å². The van der Waals surface area contributed by atoms with Gasteiger partial charge < -0.3 is 9.47 Å². The van der Waals surface area contributed by atoms with E-state index in [1.807, 2.05) is 23.1 Å². The summed E-state index contributed by atoms with van der Waals surface area (Å²) in [5, 5.41) is 7.13. The van der Waals surface area contributed by atoms with Crippen molar-refractivity contribution >= 4 is 11.9 Å². The number of amides is 2. The van der Waals surface area contributed by atoms with Crippen LogP contribution in [0.5, 0.6) is 0 Å². The minimum Gasteiger partial charge on any atom is -0.349 e. The van der Waals surface area contributed by atoms with Crippen LogP contribution in [0, 0.1) is 0 Å². The molecule has 2 atom stereocenters. The molecule has 1 fully saturated rings. The van der Waals surface area contributed by atoms with Crippen molar-refractivity contribution < 1.29 is 40.6 Å². The van der Waals surface area contributed by atoms with Crippen LogP contribution < -0.4 is 0 Å². The molecule has 2 aliphatic rings. The maximum absolute atomic E-state index is 13.0. The van der Waals surface area contributed by atoms with Gasteiger partial charge in [0.2, 0.25) is 0 Å². The molecular formula is C24H22F6N4O3. The number of rotatable bonds is 8. The first-order chi connectivity index (χ1) is 17.4. The largest absolute Gasteiger partial charge is 0.393 e. The monoisotopic (exact) mass is 528 g/mol. The Bertz CT molecular complexity index is 1130. The molecule has 0 bridgehead atoms. The number of morpholine rings is 1. The van der Waals surface area contributed by atoms with E-state index in [0.717, 1.165) is 11.6 Å². The van der Waals surface area contributed by atoms with Gasteiger partial charge in [-0.05, 0) is 22.3 Å². The van der Waals surface area contributed by atoms with E-state index >= 15 is 0 Å². The fraction of sp³-hybridized carbons (Fsp3) is 0.417. The Kier molecular flexibility index (Phi) is 8.05. The molecule has 2 heterocycles. The van der Waals surface area contributed by atoms with Crippen molar-refractivity contribution in [3.63, 3.8) is 0 Å². The predicted octanol–water partition coefficient (Wildman–Crippen LogP) is 5.80. The highest BCUT2D eigenvalue weighted by Crippen LogP contribution is 2.32. The molecule has 2 aromatic carbocycles. The Morgan fingerprint density at radius 3 is 2.11 bits per heavy atom. The summed E-state index contributed by atoms with van der Waals surface area (Å²) >= 11 is 0. The Morgan fingerprint density at radius 1 is 0.919 bits per heavy atom. The second kappa shape index (κ2) is 11.1. The van der Waals surface area contributed by atoms with Crippen molar-refractivity contribution in [2.45, 2.75) is 44.1 Å². The number of hydrogen-bond donors (Lipinski definition) is 0. The molecule has 2 aromatic rings. The van der Waals surface area contributed by atoms with Crippen LogP contribution in [0.15, 0.2) is 63.8 Å². The van der Waals surface area contributed by atoms with Gasteiger partial charge in [-0.3, -0.25) is 4.90 Å². The first-order valence-electron chi connectivity index (χ1n) is 11.3. The number of hydrogen-bond acceptors (Lipinski definition) is 5. The summed E-state index contributed by atoms with van der Waals surface area (Å²) in [5.74, 6) is 0.211. The van der Waals surface area contributed by atoms with E-state index in [1.165, 1.54) is 12.1 Å². The lowest BCUT2D eigenvalue weighted by Gasteiger charge is -2.40. The molecule has 13 heteroatoms. The Hall–Kier alpha value is -3.16. The lowest BCUT2D eigenvalue weighted by Crippen LogP contribution is -2.48. The van der Waals surface area contributed by atoms with Crippen molar-refractivity contribution in [1.29, 1.82) is 0 Å². The summed E-state index contributed by atoms with van der Waals surface area (Å²) in [6.07, 6.45) is -12.8. The Balaban J connectivity index is 1.56. The molecule has 0 N–H and O–H groups in total. The number of carbonyl (C=O) groups excluding carboxylic acids is 1. The molecule has 4 rings (SSSR count). The zero-order chi connectivity index (χ0) is 26.6. The number of ether oxygens (including phenoxy) is 2. The van der Waals surface area contributed by atoms with Gasteiger partial charge >= 0.3 is 18.4 Å². The van der Waals surface area contributed by atoms with Gasteiger partial charge in [0.15, 0.2) is 12.1 Å². The number of nitrogens with zero attached hydrogens (tertiary/aromatic N) is 4. The topological polar surface area (TPSA) is 75.9 Å². The third-order valence-electron chi connectivity index (χ3n) is 5.61. The van der Waals surface area contributed by atoms with Crippen LogP contribution in [0.3, 0.4) is 0 Å². The fourth-order valence-electron chi connectivity index (χ4n) is 4.30. The van der Waals surface area contributed by atoms with Crippen molar-refractivity contribution in [1.82, 2.24) is 4.90 Å². The molecule has 2 amide bonds. The number of amidine groups is 1. The second-order valence-electron chi connectivity index (χ2n) is 8.63. The predicted molar refractivity (Wildman–Crippen MR) is 119 cm³/mol. The Morgan fingerprint density at radius 2 is 1.54 bits per heavy atom. The number of halogens is 6. The van der Waals surface area contributed by atoms with E-state index in [4.69, 9.17) is 9.47 Å². The molecule has 0 spiro atoms. The van der Waals surface area contributed by atoms with E-state index in [2.05, 4.69) is 15.2 Å². The third-order valence-corrected chi connectivity index (χ3v) is 5.61. The minimum absolute atomic E-state index is 0.160. The van der Waals surface area contributed by atoms with Crippen LogP contribution in [0.2, 0.25) is 0 Å². The maximum atomic E-state index is 13.0. The minimum atomic E-state index is -4.58. The lowest BCUT2D eigenvalue weighted by atomic mass is 10.0. The number of azo groups is 1. The highest BCUT2D eigenvalue weighted by molar-refractivity contribution is 5.99. The summed E-state index contributed by atoms with van der Waals surface area (Å²) in [6, 6.07) is 11.1. The number of benzene rings is 2. The van der Waals surface area contributed by atoms with Gasteiger partial charge in [0.25, 0.3) is 0 Å². The van der Waals surface area contributed by atoms with E-state index in [0.29, 0.717) is 6.54 Å². The summed E-state index contributed by atoms with van der Waals surface area (Å²) in [7, 11) is 0. The van der Waals surface area contributed by atoms with Crippen molar-refractivity contribution in [3.8, 4) is 0 Å². The van der Waals surface area contributed by atoms with E-state index in [1.54, 1.807) is 12.1 Å². The number of alkyl halides is 6. The Labute approximate surface area is 207 Å². The van der Waals surface area contributed by atoms with Crippen LogP contribution in [0.1, 0.15) is 28.3 Å². The van der Waals surface area contributed by atoms with Crippen molar-refractivity contribution in [3.05, 3.63) is 70.8 Å². The molecule has 0 radical (unpaired) electrons. The van der Waals surface area contributed by atoms with Gasteiger partial charge in [0, 0.05) is 6.54 Å². The highest BCUT2D eigenvalue weighted by Gasteiger charge is 2.36. The molecule has 0 aromatic heterocycles. The maximum Gasteiger partial charge on any atom is 0.393 e. The van der Waals surface area contributed by atoms with Crippen LogP contribution in [-0.2, 0) is 28.9 Å². The van der Waals surface area contributed by atoms with Gasteiger partial charge in [-0.2, -0.15) is 31.3 Å². The fourth-order valence-corrected chi connectivity index (χ4v) is 4.30. The van der Waals surface area contributed by atoms with Crippen LogP contribution >= 0.6 is 0 Å². The van der Waals surface area contributed by atoms with Gasteiger partial charge in [0.1, 0.15) is 0 Å². The first kappa shape index (κ1) is 26.9. The molecule has 2 aliphatic heterocycles. The number of carbonyl (C=O) groups is 1. The summed E-state index contributed by atoms with van der Waals surface area (Å²) < 4.78 is 89.6. The van der Waals surface area contributed by atoms with Crippen molar-refractivity contribution in [2.75, 3.05) is 19.7 Å². The van der Waals surface area contributed by atoms with E-state index in [-0.39, 0.29) is 42.3 Å². The van der Waals surface area contributed by atoms with Gasteiger partial charge in [0.05, 0.1) is 38.6 Å². The normalized spacial score (nSPS) is 20.9. The molecule has 0 saturated carbocycles. The van der Waals surface area contributed by atoms with E-state index in [9.17, 15) is 31.1 Å². The molecule has 198 valence electrons. The average Bonchev–Trinajstić information content (AvgIpc) is 3.20. The van der Waals surface area contributed by atoms with Crippen LogP contribution in [0.25, 0.3) is 0 Å². The molecule has 1 saturated heterocycles. The smallest absolute Gasteiger partial charge is 0.349 e. The molecule has 0 unspecified atom stereocenters. The van der Waals surface area contributed by atoms with Crippen LogP contribution in [-0.4, -0.2) is 55.1 Å². The third kappa shape index (κ3) is 7.91.